The summed E-state index contributed by atoms with van der Waals surface area (Å²) < 4.78 is 1.11. The van der Waals surface area contributed by atoms with E-state index in [0.29, 0.717) is 19.4 Å². The van der Waals surface area contributed by atoms with Crippen LogP contribution < -0.4 is 5.32 Å². The summed E-state index contributed by atoms with van der Waals surface area (Å²) in [5.41, 5.74) is 3.38. The number of aryl methyl sites for hydroxylation is 1. The molecule has 0 bridgehead atoms. The minimum Gasteiger partial charge on any atom is -0.481 e. The molecule has 0 spiro atoms. The van der Waals surface area contributed by atoms with Gasteiger partial charge in [-0.2, -0.15) is 0 Å². The fourth-order valence-electron chi connectivity index (χ4n) is 4.01. The van der Waals surface area contributed by atoms with Crippen LogP contribution in [0, 0.1) is 5.41 Å². The van der Waals surface area contributed by atoms with Crippen LogP contribution in [0.3, 0.4) is 0 Å². The van der Waals surface area contributed by atoms with E-state index >= 15 is 0 Å². The summed E-state index contributed by atoms with van der Waals surface area (Å²) in [4.78, 5) is 31.1. The molecular weight excluding hydrogens is 422 g/mol. The van der Waals surface area contributed by atoms with Crippen molar-refractivity contribution in [1.29, 1.82) is 0 Å². The number of nitrogens with zero attached hydrogens (tertiary/aromatic N) is 2. The van der Waals surface area contributed by atoms with Gasteiger partial charge in [0.1, 0.15) is 5.01 Å². The highest BCUT2D eigenvalue weighted by molar-refractivity contribution is 7.18. The summed E-state index contributed by atoms with van der Waals surface area (Å²) in [6.07, 6.45) is 1.72. The van der Waals surface area contributed by atoms with Crippen LogP contribution in [0.4, 0.5) is 0 Å². The van der Waals surface area contributed by atoms with E-state index < -0.39 is 11.4 Å². The maximum absolute atomic E-state index is 13.1. The SMILES string of the molecule is CCc1ccc2nc(CNC(=O)C3(CC(=O)O)Cc4ccccc4C3)sc2c1.CN(C)C. The zero-order valence-corrected chi connectivity index (χ0v) is 20.0. The molecule has 0 aliphatic heterocycles. The van der Waals surface area contributed by atoms with Crippen molar-refractivity contribution in [3.05, 3.63) is 64.2 Å². The van der Waals surface area contributed by atoms with Crippen LogP contribution in [0.5, 0.6) is 0 Å². The van der Waals surface area contributed by atoms with Crippen molar-refractivity contribution in [2.45, 2.75) is 39.2 Å². The number of benzene rings is 2. The zero-order valence-electron chi connectivity index (χ0n) is 19.1. The Bertz CT molecular complexity index is 1080. The number of rotatable bonds is 6. The first kappa shape index (κ1) is 23.9. The van der Waals surface area contributed by atoms with Gasteiger partial charge in [-0.25, -0.2) is 4.98 Å². The molecule has 1 aromatic heterocycles. The maximum Gasteiger partial charge on any atom is 0.304 e. The smallest absolute Gasteiger partial charge is 0.304 e. The van der Waals surface area contributed by atoms with E-state index in [1.165, 1.54) is 5.56 Å². The largest absolute Gasteiger partial charge is 0.481 e. The molecule has 32 heavy (non-hydrogen) atoms. The molecule has 0 fully saturated rings. The summed E-state index contributed by atoms with van der Waals surface area (Å²) in [5, 5.41) is 13.2. The minimum atomic E-state index is -0.949. The fourth-order valence-corrected chi connectivity index (χ4v) is 4.98. The molecule has 3 aromatic rings. The topological polar surface area (TPSA) is 82.5 Å². The molecule has 7 heteroatoms. The molecule has 4 rings (SSSR count). The molecule has 2 N–H and O–H groups in total. The summed E-state index contributed by atoms with van der Waals surface area (Å²) >= 11 is 1.57. The quantitative estimate of drug-likeness (QED) is 0.591. The second-order valence-electron chi connectivity index (χ2n) is 8.76. The Morgan fingerprint density at radius 2 is 1.75 bits per heavy atom. The first-order valence-electron chi connectivity index (χ1n) is 10.8. The van der Waals surface area contributed by atoms with Crippen molar-refractivity contribution in [3.63, 3.8) is 0 Å². The average molecular weight is 454 g/mol. The number of thiazole rings is 1. The number of hydrogen-bond acceptors (Lipinski definition) is 5. The number of fused-ring (bicyclic) bond motifs is 2. The van der Waals surface area contributed by atoms with Crippen LogP contribution in [0.1, 0.15) is 35.0 Å². The number of carbonyl (C=O) groups is 2. The van der Waals surface area contributed by atoms with Crippen LogP contribution in [0.15, 0.2) is 42.5 Å². The van der Waals surface area contributed by atoms with Gasteiger partial charge in [-0.1, -0.05) is 37.3 Å². The number of carboxylic acid groups (broad SMARTS) is 1. The third kappa shape index (κ3) is 5.72. The molecule has 170 valence electrons. The van der Waals surface area contributed by atoms with Gasteiger partial charge < -0.3 is 15.3 Å². The van der Waals surface area contributed by atoms with Gasteiger partial charge in [0, 0.05) is 0 Å². The molecule has 1 aliphatic carbocycles. The number of amides is 1. The molecule has 1 aliphatic rings. The number of nitrogens with one attached hydrogen (secondary N) is 1. The molecule has 0 saturated carbocycles. The van der Waals surface area contributed by atoms with E-state index in [4.69, 9.17) is 0 Å². The highest BCUT2D eigenvalue weighted by atomic mass is 32.1. The monoisotopic (exact) mass is 453 g/mol. The van der Waals surface area contributed by atoms with E-state index in [-0.39, 0.29) is 12.3 Å². The van der Waals surface area contributed by atoms with Gasteiger partial charge in [0.05, 0.1) is 28.6 Å². The number of carboxylic acids is 1. The molecule has 0 saturated heterocycles. The highest BCUT2D eigenvalue weighted by Gasteiger charge is 2.45. The molecule has 1 heterocycles. The molecule has 0 unspecified atom stereocenters. The second kappa shape index (κ2) is 10.2. The summed E-state index contributed by atoms with van der Waals surface area (Å²) in [6.45, 7) is 2.43. The van der Waals surface area contributed by atoms with E-state index in [2.05, 4.69) is 29.4 Å². The van der Waals surface area contributed by atoms with Gasteiger partial charge in [0.15, 0.2) is 0 Å². The van der Waals surface area contributed by atoms with Gasteiger partial charge in [0.25, 0.3) is 0 Å². The summed E-state index contributed by atoms with van der Waals surface area (Å²) in [6, 6.07) is 14.0. The molecule has 0 atom stereocenters. The van der Waals surface area contributed by atoms with Crippen LogP contribution in [0.2, 0.25) is 0 Å². The normalized spacial score (nSPS) is 14.0. The number of aromatic nitrogens is 1. The van der Waals surface area contributed by atoms with Gasteiger partial charge >= 0.3 is 5.97 Å². The first-order chi connectivity index (χ1) is 15.2. The summed E-state index contributed by atoms with van der Waals surface area (Å²) in [5.74, 6) is -1.16. The van der Waals surface area contributed by atoms with Crippen molar-refractivity contribution >= 4 is 33.4 Å². The Morgan fingerprint density at radius 3 is 2.31 bits per heavy atom. The van der Waals surface area contributed by atoms with Crippen LogP contribution in [0.25, 0.3) is 10.2 Å². The van der Waals surface area contributed by atoms with Crippen molar-refractivity contribution in [1.82, 2.24) is 15.2 Å². The van der Waals surface area contributed by atoms with Crippen LogP contribution in [-0.2, 0) is 35.4 Å². The standard InChI is InChI=1S/C22H22N2O3S.C3H9N/c1-2-14-7-8-17-18(9-14)28-19(24-17)13-23-21(27)22(12-20(25)26)10-15-5-3-4-6-16(15)11-22;1-4(2)3/h3-9H,2,10-13H2,1H3,(H,23,27)(H,25,26);1-3H3. The van der Waals surface area contributed by atoms with E-state index in [1.807, 2.05) is 56.4 Å². The zero-order chi connectivity index (χ0) is 23.3. The van der Waals surface area contributed by atoms with Crippen molar-refractivity contribution in [2.24, 2.45) is 5.41 Å². The maximum atomic E-state index is 13.1. The Morgan fingerprint density at radius 1 is 1.12 bits per heavy atom. The van der Waals surface area contributed by atoms with Crippen LogP contribution >= 0.6 is 11.3 Å². The van der Waals surface area contributed by atoms with E-state index in [9.17, 15) is 14.7 Å². The molecule has 1 amide bonds. The molecule has 2 aromatic carbocycles. The predicted octanol–water partition coefficient (Wildman–Crippen LogP) is 3.91. The minimum absolute atomic E-state index is 0.173. The third-order valence-electron chi connectivity index (χ3n) is 5.45. The first-order valence-corrected chi connectivity index (χ1v) is 11.6. The number of hydrogen-bond donors (Lipinski definition) is 2. The third-order valence-corrected chi connectivity index (χ3v) is 6.47. The lowest BCUT2D eigenvalue weighted by Crippen LogP contribution is -2.43. The Kier molecular flexibility index (Phi) is 7.64. The van der Waals surface area contributed by atoms with Crippen molar-refractivity contribution in [3.8, 4) is 0 Å². The average Bonchev–Trinajstić information content (AvgIpc) is 3.31. The number of carbonyl (C=O) groups excluding carboxylic acids is 1. The van der Waals surface area contributed by atoms with Gasteiger partial charge in [-0.15, -0.1) is 11.3 Å². The summed E-state index contributed by atoms with van der Waals surface area (Å²) in [7, 11) is 6.00. The highest BCUT2D eigenvalue weighted by Crippen LogP contribution is 2.40. The van der Waals surface area contributed by atoms with Gasteiger partial charge in [-0.05, 0) is 69.2 Å². The fraction of sp³-hybridized carbons (Fsp3) is 0.400. The Labute approximate surface area is 193 Å². The molecular formula is C25H31N3O3S. The van der Waals surface area contributed by atoms with Crippen molar-refractivity contribution in [2.75, 3.05) is 21.1 Å². The van der Waals surface area contributed by atoms with E-state index in [0.717, 1.165) is 32.8 Å². The lowest BCUT2D eigenvalue weighted by molar-refractivity contribution is -0.145. The van der Waals surface area contributed by atoms with Crippen LogP contribution in [-0.4, -0.2) is 48.0 Å². The lowest BCUT2D eigenvalue weighted by atomic mass is 9.80. The molecule has 6 nitrogen and oxygen atoms in total. The van der Waals surface area contributed by atoms with Gasteiger partial charge in [0.2, 0.25) is 5.91 Å². The Balaban J connectivity index is 0.000000668. The second-order valence-corrected chi connectivity index (χ2v) is 9.88. The number of aliphatic carboxylic acids is 1. The van der Waals surface area contributed by atoms with E-state index in [1.54, 1.807) is 11.3 Å². The lowest BCUT2D eigenvalue weighted by Gasteiger charge is -2.25. The van der Waals surface area contributed by atoms with Crippen molar-refractivity contribution < 1.29 is 14.7 Å². The Hall–Kier alpha value is -2.77. The molecule has 0 radical (unpaired) electrons. The predicted molar refractivity (Wildman–Crippen MR) is 129 cm³/mol. The van der Waals surface area contributed by atoms with Gasteiger partial charge in [-0.3, -0.25) is 9.59 Å².